The van der Waals surface area contributed by atoms with Gasteiger partial charge in [-0.2, -0.15) is 0 Å². The van der Waals surface area contributed by atoms with Gasteiger partial charge in [-0.25, -0.2) is 0 Å². The van der Waals surface area contributed by atoms with Crippen molar-refractivity contribution in [1.29, 1.82) is 0 Å². The lowest BCUT2D eigenvalue weighted by molar-refractivity contribution is 0.690. The average Bonchev–Trinajstić information content (AvgIpc) is 3.32. The Morgan fingerprint density at radius 3 is 2.42 bits per heavy atom. The minimum atomic E-state index is -0.605. The number of aliphatic imine (C=N–C) groups is 1. The zero-order valence-corrected chi connectivity index (χ0v) is 16.5. The molecule has 1 aliphatic rings. The highest BCUT2D eigenvalue weighted by Gasteiger charge is 2.28. The van der Waals surface area contributed by atoms with Gasteiger partial charge < -0.3 is 0 Å². The van der Waals surface area contributed by atoms with Crippen LogP contribution >= 0.6 is 18.9 Å². The Kier molecular flexibility index (Phi) is 5.06. The standard InChI is InChI=1S/C23H22NPS/c1-3-20(24-4-2)22-18-13-8-9-14-19(18)23(21-15-10-16-26-21)25(22)17-11-6-5-7-12-17/h3-7,10-12,15-16H,1-2,8-9,13-14H2/b24-20+. The fourth-order valence-corrected chi connectivity index (χ4v) is 7.94. The van der Waals surface area contributed by atoms with Crippen molar-refractivity contribution in [1.82, 2.24) is 0 Å². The fourth-order valence-electron chi connectivity index (χ4n) is 3.90. The Morgan fingerprint density at radius 1 is 1.00 bits per heavy atom. The summed E-state index contributed by atoms with van der Waals surface area (Å²) in [5.41, 5.74) is 4.09. The SMILES string of the molecule is C=C/N=C(\C=C)c1c2c(c(-c3cccs3)p1-c1ccccc1)CCCC2. The first kappa shape index (κ1) is 17.3. The lowest BCUT2D eigenvalue weighted by Gasteiger charge is -2.14. The van der Waals surface area contributed by atoms with E-state index < -0.39 is 7.53 Å². The predicted octanol–water partition coefficient (Wildman–Crippen LogP) is 7.39. The highest BCUT2D eigenvalue weighted by Crippen LogP contribution is 2.59. The van der Waals surface area contributed by atoms with Crippen molar-refractivity contribution in [2.45, 2.75) is 25.7 Å². The van der Waals surface area contributed by atoms with Gasteiger partial charge in [-0.3, -0.25) is 4.99 Å². The second-order valence-electron chi connectivity index (χ2n) is 6.41. The zero-order valence-electron chi connectivity index (χ0n) is 14.8. The Balaban J connectivity index is 2.12. The Hall–Kier alpha value is -2.15. The molecule has 1 unspecified atom stereocenters. The van der Waals surface area contributed by atoms with E-state index in [0.717, 1.165) is 12.1 Å². The number of thiophene rings is 1. The van der Waals surface area contributed by atoms with Crippen molar-refractivity contribution in [3.8, 4) is 15.5 Å². The van der Waals surface area contributed by atoms with E-state index in [1.54, 1.807) is 17.1 Å². The van der Waals surface area contributed by atoms with E-state index >= 15 is 0 Å². The van der Waals surface area contributed by atoms with Crippen molar-refractivity contribution < 1.29 is 0 Å². The third kappa shape index (κ3) is 2.94. The maximum atomic E-state index is 4.60. The summed E-state index contributed by atoms with van der Waals surface area (Å²) in [6, 6.07) is 15.4. The first-order chi connectivity index (χ1) is 12.8. The molecule has 0 radical (unpaired) electrons. The Morgan fingerprint density at radius 2 is 1.77 bits per heavy atom. The minimum absolute atomic E-state index is 0.605. The number of benzene rings is 1. The molecule has 4 rings (SSSR count). The predicted molar refractivity (Wildman–Crippen MR) is 117 cm³/mol. The highest BCUT2D eigenvalue weighted by atomic mass is 32.1. The van der Waals surface area contributed by atoms with Gasteiger partial charge in [-0.05, 0) is 59.6 Å². The number of hydrogen-bond donors (Lipinski definition) is 0. The molecule has 0 saturated heterocycles. The van der Waals surface area contributed by atoms with Crippen molar-refractivity contribution in [3.05, 3.63) is 89.7 Å². The number of fused-ring (bicyclic) bond motifs is 1. The van der Waals surface area contributed by atoms with Crippen LogP contribution in [0.3, 0.4) is 0 Å². The number of rotatable bonds is 5. The third-order valence-electron chi connectivity index (χ3n) is 4.92. The smallest absolute Gasteiger partial charge is 0.0741 e. The van der Waals surface area contributed by atoms with Crippen LogP contribution in [0.25, 0.3) is 15.5 Å². The van der Waals surface area contributed by atoms with Crippen LogP contribution in [0.2, 0.25) is 0 Å². The molecule has 0 bridgehead atoms. The Labute approximate surface area is 160 Å². The zero-order chi connectivity index (χ0) is 17.9. The molecule has 0 aliphatic heterocycles. The fraction of sp³-hybridized carbons (Fsp3) is 0.174. The summed E-state index contributed by atoms with van der Waals surface area (Å²) in [6.07, 6.45) is 8.42. The molecule has 3 heteroatoms. The van der Waals surface area contributed by atoms with E-state index in [4.69, 9.17) is 0 Å². The molecule has 130 valence electrons. The molecule has 1 atom stereocenters. The lowest BCUT2D eigenvalue weighted by atomic mass is 9.91. The van der Waals surface area contributed by atoms with Crippen LogP contribution in [-0.2, 0) is 12.8 Å². The van der Waals surface area contributed by atoms with Gasteiger partial charge in [0.05, 0.1) is 5.71 Å². The monoisotopic (exact) mass is 375 g/mol. The molecule has 0 N–H and O–H groups in total. The number of nitrogens with zero attached hydrogens (tertiary/aromatic N) is 1. The van der Waals surface area contributed by atoms with Crippen molar-refractivity contribution in [2.24, 2.45) is 4.99 Å². The average molecular weight is 375 g/mol. The van der Waals surface area contributed by atoms with Gasteiger partial charge in [0.2, 0.25) is 0 Å². The van der Waals surface area contributed by atoms with E-state index in [1.807, 2.05) is 17.4 Å². The van der Waals surface area contributed by atoms with Gasteiger partial charge in [0.1, 0.15) is 0 Å². The molecule has 0 fully saturated rings. The van der Waals surface area contributed by atoms with Gasteiger partial charge in [0, 0.05) is 21.7 Å². The minimum Gasteiger partial charge on any atom is -0.257 e. The maximum absolute atomic E-state index is 4.60. The summed E-state index contributed by atoms with van der Waals surface area (Å²) < 4.78 is 0. The van der Waals surface area contributed by atoms with Crippen LogP contribution in [-0.4, -0.2) is 5.71 Å². The summed E-state index contributed by atoms with van der Waals surface area (Å²) >= 11 is 1.85. The van der Waals surface area contributed by atoms with Gasteiger partial charge >= 0.3 is 0 Å². The summed E-state index contributed by atoms with van der Waals surface area (Å²) in [5, 5.41) is 6.53. The van der Waals surface area contributed by atoms with E-state index in [9.17, 15) is 0 Å². The molecule has 2 aromatic heterocycles. The lowest BCUT2D eigenvalue weighted by Crippen LogP contribution is -2.05. The van der Waals surface area contributed by atoms with Crippen LogP contribution in [0.1, 0.15) is 29.3 Å². The molecule has 2 heterocycles. The third-order valence-corrected chi connectivity index (χ3v) is 8.68. The van der Waals surface area contributed by atoms with Crippen LogP contribution in [0.15, 0.2) is 78.3 Å². The van der Waals surface area contributed by atoms with Crippen LogP contribution in [0.5, 0.6) is 0 Å². The van der Waals surface area contributed by atoms with Gasteiger partial charge in [0.15, 0.2) is 0 Å². The van der Waals surface area contributed by atoms with Crippen molar-refractivity contribution >= 4 is 24.6 Å². The topological polar surface area (TPSA) is 12.4 Å². The maximum Gasteiger partial charge on any atom is 0.0741 e. The Bertz CT molecular complexity index is 962. The number of allylic oxidation sites excluding steroid dienone is 1. The molecular weight excluding hydrogens is 353 g/mol. The summed E-state index contributed by atoms with van der Waals surface area (Å²) in [7, 11) is -0.605. The first-order valence-corrected chi connectivity index (χ1v) is 11.2. The summed E-state index contributed by atoms with van der Waals surface area (Å²) in [6.45, 7) is 7.89. The molecule has 26 heavy (non-hydrogen) atoms. The molecule has 0 spiro atoms. The molecule has 0 saturated carbocycles. The molecule has 1 nitrogen and oxygen atoms in total. The molecule has 1 aromatic carbocycles. The highest BCUT2D eigenvalue weighted by molar-refractivity contribution is 7.62. The van der Waals surface area contributed by atoms with E-state index in [1.165, 1.54) is 40.3 Å². The van der Waals surface area contributed by atoms with Crippen molar-refractivity contribution in [3.63, 3.8) is 0 Å². The molecule has 3 aromatic rings. The largest absolute Gasteiger partial charge is 0.257 e. The van der Waals surface area contributed by atoms with Crippen molar-refractivity contribution in [2.75, 3.05) is 0 Å². The van der Waals surface area contributed by atoms with Gasteiger partial charge in [-0.1, -0.05) is 57.1 Å². The second-order valence-corrected chi connectivity index (χ2v) is 9.44. The molecular formula is C23H22NPS. The quantitative estimate of drug-likeness (QED) is 0.412. The molecule has 0 amide bonds. The first-order valence-electron chi connectivity index (χ1n) is 9.02. The van der Waals surface area contributed by atoms with Gasteiger partial charge in [-0.15, -0.1) is 11.3 Å². The van der Waals surface area contributed by atoms with Crippen LogP contribution in [0, 0.1) is 0 Å². The van der Waals surface area contributed by atoms with E-state index in [-0.39, 0.29) is 0 Å². The van der Waals surface area contributed by atoms with E-state index in [0.29, 0.717) is 0 Å². The second kappa shape index (κ2) is 7.61. The summed E-state index contributed by atoms with van der Waals surface area (Å²) in [5.74, 6) is 0. The van der Waals surface area contributed by atoms with Gasteiger partial charge in [0.25, 0.3) is 0 Å². The van der Waals surface area contributed by atoms with E-state index in [2.05, 4.69) is 66.0 Å². The van der Waals surface area contributed by atoms with Crippen LogP contribution in [0.4, 0.5) is 0 Å². The number of hydrogen-bond acceptors (Lipinski definition) is 2. The molecule has 1 aliphatic carbocycles. The summed E-state index contributed by atoms with van der Waals surface area (Å²) in [4.78, 5) is 6.01. The normalized spacial score (nSPS) is 14.8. The van der Waals surface area contributed by atoms with Crippen LogP contribution < -0.4 is 0 Å².